The lowest BCUT2D eigenvalue weighted by atomic mass is 10.1. The summed E-state index contributed by atoms with van der Waals surface area (Å²) in [5.74, 6) is 0.327. The van der Waals surface area contributed by atoms with Crippen LogP contribution >= 0.6 is 0 Å². The summed E-state index contributed by atoms with van der Waals surface area (Å²) < 4.78 is 31.8. The quantitative estimate of drug-likeness (QED) is 0.574. The minimum atomic E-state index is -3.47. The van der Waals surface area contributed by atoms with E-state index in [1.54, 1.807) is 34.1 Å². The number of benzene rings is 1. The molecule has 1 aromatic rings. The molecule has 1 aliphatic heterocycles. The summed E-state index contributed by atoms with van der Waals surface area (Å²) >= 11 is 0. The van der Waals surface area contributed by atoms with Crippen LogP contribution in [0.3, 0.4) is 0 Å². The number of carbonyl (C=O) groups is 2. The number of amides is 2. The molecule has 9 heteroatoms. The molecule has 1 aromatic carbocycles. The Bertz CT molecular complexity index is 827. The van der Waals surface area contributed by atoms with E-state index in [9.17, 15) is 18.0 Å². The maximum Gasteiger partial charge on any atom is 0.409 e. The highest BCUT2D eigenvalue weighted by atomic mass is 32.2. The molecule has 174 valence electrons. The van der Waals surface area contributed by atoms with Crippen molar-refractivity contribution in [2.24, 2.45) is 5.92 Å². The second-order valence-electron chi connectivity index (χ2n) is 8.07. The van der Waals surface area contributed by atoms with Gasteiger partial charge < -0.3 is 14.5 Å². The van der Waals surface area contributed by atoms with Gasteiger partial charge in [0.1, 0.15) is 0 Å². The Morgan fingerprint density at radius 1 is 1.00 bits per heavy atom. The maximum absolute atomic E-state index is 12.6. The maximum atomic E-state index is 12.6. The number of hydrogen-bond donors (Lipinski definition) is 0. The Morgan fingerprint density at radius 2 is 1.55 bits per heavy atom. The predicted molar refractivity (Wildman–Crippen MR) is 119 cm³/mol. The fourth-order valence-corrected chi connectivity index (χ4v) is 4.88. The van der Waals surface area contributed by atoms with Crippen molar-refractivity contribution in [1.29, 1.82) is 0 Å². The lowest BCUT2D eigenvalue weighted by molar-refractivity contribution is -0.132. The van der Waals surface area contributed by atoms with Crippen LogP contribution in [0.4, 0.5) is 4.79 Å². The smallest absolute Gasteiger partial charge is 0.409 e. The molecule has 1 heterocycles. The van der Waals surface area contributed by atoms with Crippen LogP contribution in [-0.2, 0) is 26.0 Å². The SMILES string of the molecule is CCN(CC)S(=O)(=O)c1ccc(CCC(=O)N2CCN(C(=O)OCC(C)C)CC2)cc1. The summed E-state index contributed by atoms with van der Waals surface area (Å²) in [5.41, 5.74) is 0.919. The standard InChI is InChI=1S/C22H35N3O5S/c1-5-25(6-2)31(28,29)20-10-7-19(8-11-20)9-12-21(26)23-13-15-24(16-14-23)22(27)30-17-18(3)4/h7-8,10-11,18H,5-6,9,12-17H2,1-4H3. The lowest BCUT2D eigenvalue weighted by Gasteiger charge is -2.34. The van der Waals surface area contributed by atoms with Gasteiger partial charge in [-0.2, -0.15) is 4.31 Å². The van der Waals surface area contributed by atoms with Gasteiger partial charge in [-0.3, -0.25) is 4.79 Å². The zero-order valence-corrected chi connectivity index (χ0v) is 19.9. The molecule has 31 heavy (non-hydrogen) atoms. The van der Waals surface area contributed by atoms with Crippen molar-refractivity contribution in [2.45, 2.75) is 45.4 Å². The minimum absolute atomic E-state index is 0.0371. The fourth-order valence-electron chi connectivity index (χ4n) is 3.42. The molecule has 1 aliphatic rings. The summed E-state index contributed by atoms with van der Waals surface area (Å²) in [6, 6.07) is 6.75. The second kappa shape index (κ2) is 11.5. The Morgan fingerprint density at radius 3 is 2.06 bits per heavy atom. The molecule has 0 atom stereocenters. The van der Waals surface area contributed by atoms with E-state index in [1.807, 2.05) is 27.7 Å². The van der Waals surface area contributed by atoms with Crippen LogP contribution in [-0.4, -0.2) is 80.4 Å². The van der Waals surface area contributed by atoms with E-state index in [1.165, 1.54) is 4.31 Å². The molecule has 0 unspecified atom stereocenters. The van der Waals surface area contributed by atoms with Crippen LogP contribution in [0.5, 0.6) is 0 Å². The van der Waals surface area contributed by atoms with Gasteiger partial charge in [-0.15, -0.1) is 0 Å². The molecule has 1 fully saturated rings. The van der Waals surface area contributed by atoms with Crippen molar-refractivity contribution in [2.75, 3.05) is 45.9 Å². The Labute approximate surface area is 186 Å². The third kappa shape index (κ3) is 6.93. The second-order valence-corrected chi connectivity index (χ2v) is 10.0. The van der Waals surface area contributed by atoms with Crippen molar-refractivity contribution >= 4 is 22.0 Å². The summed E-state index contributed by atoms with van der Waals surface area (Å²) in [6.07, 6.45) is 0.571. The van der Waals surface area contributed by atoms with Crippen LogP contribution in [0.2, 0.25) is 0 Å². The summed E-state index contributed by atoms with van der Waals surface area (Å²) in [4.78, 5) is 28.2. The predicted octanol–water partition coefficient (Wildman–Crippen LogP) is 2.59. The van der Waals surface area contributed by atoms with Gasteiger partial charge in [0, 0.05) is 45.7 Å². The van der Waals surface area contributed by atoms with E-state index in [4.69, 9.17) is 4.74 Å². The molecule has 2 amide bonds. The molecule has 0 bridgehead atoms. The monoisotopic (exact) mass is 453 g/mol. The van der Waals surface area contributed by atoms with Gasteiger partial charge in [-0.25, -0.2) is 13.2 Å². The van der Waals surface area contributed by atoms with Gasteiger partial charge in [-0.05, 0) is 30.0 Å². The number of piperazine rings is 1. The van der Waals surface area contributed by atoms with E-state index < -0.39 is 10.0 Å². The molecule has 0 N–H and O–H groups in total. The number of nitrogens with zero attached hydrogens (tertiary/aromatic N) is 3. The van der Waals surface area contributed by atoms with Crippen molar-refractivity contribution in [3.05, 3.63) is 29.8 Å². The zero-order valence-electron chi connectivity index (χ0n) is 19.0. The van der Waals surface area contributed by atoms with Crippen molar-refractivity contribution in [3.63, 3.8) is 0 Å². The summed E-state index contributed by atoms with van der Waals surface area (Å²) in [6.45, 7) is 10.8. The topological polar surface area (TPSA) is 87.2 Å². The molecule has 1 saturated heterocycles. The van der Waals surface area contributed by atoms with Crippen LogP contribution < -0.4 is 0 Å². The lowest BCUT2D eigenvalue weighted by Crippen LogP contribution is -2.50. The number of ether oxygens (including phenoxy) is 1. The van der Waals surface area contributed by atoms with Gasteiger partial charge in [0.05, 0.1) is 11.5 Å². The first-order valence-corrected chi connectivity index (χ1v) is 12.4. The van der Waals surface area contributed by atoms with Crippen molar-refractivity contribution in [3.8, 4) is 0 Å². The van der Waals surface area contributed by atoms with Crippen LogP contribution in [0.25, 0.3) is 0 Å². The molecule has 0 aromatic heterocycles. The van der Waals surface area contributed by atoms with Gasteiger partial charge in [0.2, 0.25) is 15.9 Å². The average Bonchev–Trinajstić information content (AvgIpc) is 2.76. The van der Waals surface area contributed by atoms with Crippen molar-refractivity contribution < 1.29 is 22.7 Å². The third-order valence-electron chi connectivity index (χ3n) is 5.32. The molecule has 2 rings (SSSR count). The first-order chi connectivity index (χ1) is 14.7. The molecule has 8 nitrogen and oxygen atoms in total. The molecule has 0 radical (unpaired) electrons. The molecular formula is C22H35N3O5S. The van der Waals surface area contributed by atoms with E-state index in [-0.39, 0.29) is 16.9 Å². The molecule has 0 spiro atoms. The van der Waals surface area contributed by atoms with Crippen LogP contribution in [0.1, 0.15) is 39.7 Å². The summed E-state index contributed by atoms with van der Waals surface area (Å²) in [5, 5.41) is 0. The highest BCUT2D eigenvalue weighted by molar-refractivity contribution is 7.89. The number of carbonyl (C=O) groups excluding carboxylic acids is 2. The number of aryl methyl sites for hydroxylation is 1. The van der Waals surface area contributed by atoms with E-state index >= 15 is 0 Å². The Kier molecular flexibility index (Phi) is 9.31. The van der Waals surface area contributed by atoms with Gasteiger partial charge in [-0.1, -0.05) is 39.8 Å². The fraction of sp³-hybridized carbons (Fsp3) is 0.636. The largest absolute Gasteiger partial charge is 0.449 e. The molecular weight excluding hydrogens is 418 g/mol. The zero-order chi connectivity index (χ0) is 23.0. The van der Waals surface area contributed by atoms with Crippen LogP contribution in [0.15, 0.2) is 29.2 Å². The number of hydrogen-bond acceptors (Lipinski definition) is 5. The third-order valence-corrected chi connectivity index (χ3v) is 7.39. The first-order valence-electron chi connectivity index (χ1n) is 11.0. The molecule has 0 saturated carbocycles. The number of sulfonamides is 1. The van der Waals surface area contributed by atoms with Crippen LogP contribution in [0, 0.1) is 5.92 Å². The number of rotatable bonds is 9. The highest BCUT2D eigenvalue weighted by Crippen LogP contribution is 2.17. The van der Waals surface area contributed by atoms with Gasteiger partial charge >= 0.3 is 6.09 Å². The first kappa shape index (κ1) is 25.1. The Hall–Kier alpha value is -2.13. The van der Waals surface area contributed by atoms with E-state index in [2.05, 4.69) is 0 Å². The van der Waals surface area contributed by atoms with Gasteiger partial charge in [0.25, 0.3) is 0 Å². The summed E-state index contributed by atoms with van der Waals surface area (Å²) in [7, 11) is -3.47. The van der Waals surface area contributed by atoms with Gasteiger partial charge in [0.15, 0.2) is 0 Å². The van der Waals surface area contributed by atoms with Crippen molar-refractivity contribution in [1.82, 2.24) is 14.1 Å². The van der Waals surface area contributed by atoms with E-state index in [0.29, 0.717) is 64.6 Å². The Balaban J connectivity index is 1.82. The highest BCUT2D eigenvalue weighted by Gasteiger charge is 2.25. The molecule has 0 aliphatic carbocycles. The minimum Gasteiger partial charge on any atom is -0.449 e. The van der Waals surface area contributed by atoms with E-state index in [0.717, 1.165) is 5.56 Å². The average molecular weight is 454 g/mol. The normalized spacial score (nSPS) is 14.9.